The van der Waals surface area contributed by atoms with Crippen LogP contribution >= 0.6 is 0 Å². The maximum Gasteiger partial charge on any atom is 0.150 e. The van der Waals surface area contributed by atoms with E-state index in [0.29, 0.717) is 23.5 Å². The summed E-state index contributed by atoms with van der Waals surface area (Å²) in [6, 6.07) is 7.04. The van der Waals surface area contributed by atoms with Crippen molar-refractivity contribution in [3.05, 3.63) is 34.9 Å². The quantitative estimate of drug-likeness (QED) is 0.879. The Morgan fingerprint density at radius 3 is 2.43 bits per heavy atom. The molecule has 3 nitrogen and oxygen atoms in total. The topological polar surface area (TPSA) is 46.2 Å². The van der Waals surface area contributed by atoms with Crippen LogP contribution in [0, 0.1) is 19.8 Å². The molecular weight excluding hydrogens is 282 g/mol. The monoisotopic (exact) mass is 309 g/mol. The van der Waals surface area contributed by atoms with Gasteiger partial charge in [-0.1, -0.05) is 36.2 Å². The molecule has 0 spiro atoms. The van der Waals surface area contributed by atoms with Crippen LogP contribution in [-0.2, 0) is 16.3 Å². The van der Waals surface area contributed by atoms with Crippen molar-refractivity contribution in [3.8, 4) is 0 Å². The highest BCUT2D eigenvalue weighted by molar-refractivity contribution is 7.91. The Bertz CT molecular complexity index is 560. The molecule has 1 aliphatic heterocycles. The molecule has 2 unspecified atom stereocenters. The van der Waals surface area contributed by atoms with Crippen molar-refractivity contribution < 1.29 is 8.42 Å². The summed E-state index contributed by atoms with van der Waals surface area (Å²) < 4.78 is 23.2. The highest BCUT2D eigenvalue weighted by Crippen LogP contribution is 2.24. The van der Waals surface area contributed by atoms with Crippen molar-refractivity contribution in [2.24, 2.45) is 5.92 Å². The van der Waals surface area contributed by atoms with Gasteiger partial charge in [-0.05, 0) is 51.1 Å². The van der Waals surface area contributed by atoms with Crippen LogP contribution in [-0.4, -0.2) is 32.5 Å². The summed E-state index contributed by atoms with van der Waals surface area (Å²) in [5, 5.41) is 3.53. The van der Waals surface area contributed by atoms with Gasteiger partial charge in [-0.25, -0.2) is 8.42 Å². The van der Waals surface area contributed by atoms with Crippen LogP contribution in [0.4, 0.5) is 0 Å². The smallest absolute Gasteiger partial charge is 0.150 e. The highest BCUT2D eigenvalue weighted by atomic mass is 32.2. The van der Waals surface area contributed by atoms with Gasteiger partial charge in [0.25, 0.3) is 0 Å². The molecule has 0 saturated carbocycles. The predicted octanol–water partition coefficient (Wildman–Crippen LogP) is 2.65. The fourth-order valence-electron chi connectivity index (χ4n) is 3.46. The molecule has 1 N–H and O–H groups in total. The Morgan fingerprint density at radius 1 is 1.24 bits per heavy atom. The van der Waals surface area contributed by atoms with E-state index in [1.807, 2.05) is 0 Å². The molecule has 1 fully saturated rings. The molecule has 0 aromatic heterocycles. The van der Waals surface area contributed by atoms with Crippen LogP contribution in [0.1, 0.15) is 36.5 Å². The normalized spacial score (nSPS) is 22.3. The average molecular weight is 309 g/mol. The standard InChI is InChI=1S/C17H27NO2S/c1-4-18-17(10-15-5-6-21(19,20)12-15)11-16-8-13(2)7-14(3)9-16/h7-9,15,17-18H,4-6,10-12H2,1-3H3. The lowest BCUT2D eigenvalue weighted by Gasteiger charge is -2.21. The minimum absolute atomic E-state index is 0.324. The van der Waals surface area contributed by atoms with Crippen LogP contribution in [0.5, 0.6) is 0 Å². The SMILES string of the molecule is CCNC(Cc1cc(C)cc(C)c1)CC1CCS(=O)(=O)C1. The van der Waals surface area contributed by atoms with Gasteiger partial charge in [-0.3, -0.25) is 0 Å². The summed E-state index contributed by atoms with van der Waals surface area (Å²) >= 11 is 0. The molecule has 0 radical (unpaired) electrons. The number of aryl methyl sites for hydroxylation is 2. The molecule has 2 atom stereocenters. The number of nitrogens with one attached hydrogen (secondary N) is 1. The minimum atomic E-state index is -2.77. The molecule has 1 aromatic carbocycles. The van der Waals surface area contributed by atoms with E-state index in [4.69, 9.17) is 0 Å². The van der Waals surface area contributed by atoms with E-state index >= 15 is 0 Å². The Balaban J connectivity index is 2.01. The Hall–Kier alpha value is -0.870. The van der Waals surface area contributed by atoms with Crippen molar-refractivity contribution in [1.82, 2.24) is 5.32 Å². The molecule has 4 heteroatoms. The molecule has 21 heavy (non-hydrogen) atoms. The zero-order valence-electron chi connectivity index (χ0n) is 13.4. The molecule has 1 aliphatic rings. The summed E-state index contributed by atoms with van der Waals surface area (Å²) in [7, 11) is -2.77. The summed E-state index contributed by atoms with van der Waals surface area (Å²) in [6.45, 7) is 7.29. The summed E-state index contributed by atoms with van der Waals surface area (Å²) in [5.41, 5.74) is 3.94. The van der Waals surface area contributed by atoms with Gasteiger partial charge >= 0.3 is 0 Å². The summed E-state index contributed by atoms with van der Waals surface area (Å²) in [6.07, 6.45) is 2.77. The van der Waals surface area contributed by atoms with Gasteiger partial charge in [0.15, 0.2) is 9.84 Å². The van der Waals surface area contributed by atoms with Crippen LogP contribution in [0.25, 0.3) is 0 Å². The minimum Gasteiger partial charge on any atom is -0.314 e. The predicted molar refractivity (Wildman–Crippen MR) is 88.5 cm³/mol. The van der Waals surface area contributed by atoms with Crippen molar-refractivity contribution in [3.63, 3.8) is 0 Å². The Kier molecular flexibility index (Phi) is 5.44. The molecule has 1 heterocycles. The lowest BCUT2D eigenvalue weighted by molar-refractivity contribution is 0.409. The van der Waals surface area contributed by atoms with E-state index in [0.717, 1.165) is 25.8 Å². The van der Waals surface area contributed by atoms with Crippen molar-refractivity contribution in [1.29, 1.82) is 0 Å². The number of likely N-dealkylation sites (N-methyl/N-ethyl adjacent to an activating group) is 1. The Labute approximate surface area is 129 Å². The fraction of sp³-hybridized carbons (Fsp3) is 0.647. The van der Waals surface area contributed by atoms with Gasteiger partial charge in [0.05, 0.1) is 11.5 Å². The lowest BCUT2D eigenvalue weighted by atomic mass is 9.93. The van der Waals surface area contributed by atoms with Gasteiger partial charge in [-0.15, -0.1) is 0 Å². The number of hydrogen-bond donors (Lipinski definition) is 1. The summed E-state index contributed by atoms with van der Waals surface area (Å²) in [4.78, 5) is 0. The van der Waals surface area contributed by atoms with E-state index < -0.39 is 9.84 Å². The molecule has 1 saturated heterocycles. The average Bonchev–Trinajstić information content (AvgIpc) is 2.67. The zero-order valence-corrected chi connectivity index (χ0v) is 14.2. The zero-order chi connectivity index (χ0) is 15.5. The number of benzene rings is 1. The summed E-state index contributed by atoms with van der Waals surface area (Å²) in [5.74, 6) is 1.08. The maximum absolute atomic E-state index is 11.6. The van der Waals surface area contributed by atoms with E-state index in [-0.39, 0.29) is 0 Å². The number of rotatable bonds is 6. The van der Waals surface area contributed by atoms with Crippen LogP contribution < -0.4 is 5.32 Å². The van der Waals surface area contributed by atoms with Gasteiger partial charge in [0, 0.05) is 6.04 Å². The lowest BCUT2D eigenvalue weighted by Crippen LogP contribution is -2.33. The first-order chi connectivity index (χ1) is 9.88. The van der Waals surface area contributed by atoms with Gasteiger partial charge in [0.1, 0.15) is 0 Å². The van der Waals surface area contributed by atoms with E-state index in [2.05, 4.69) is 44.3 Å². The molecule has 0 bridgehead atoms. The third kappa shape index (κ3) is 5.11. The van der Waals surface area contributed by atoms with Crippen molar-refractivity contribution >= 4 is 9.84 Å². The van der Waals surface area contributed by atoms with Crippen LogP contribution in [0.3, 0.4) is 0 Å². The fourth-order valence-corrected chi connectivity index (χ4v) is 5.34. The van der Waals surface area contributed by atoms with Gasteiger partial charge < -0.3 is 5.32 Å². The van der Waals surface area contributed by atoms with Gasteiger partial charge in [0.2, 0.25) is 0 Å². The molecule has 2 rings (SSSR count). The molecule has 1 aromatic rings. The van der Waals surface area contributed by atoms with E-state index in [1.54, 1.807) is 0 Å². The highest BCUT2D eigenvalue weighted by Gasteiger charge is 2.29. The number of sulfone groups is 1. The molecule has 118 valence electrons. The second-order valence-corrected chi connectivity index (χ2v) is 8.69. The third-order valence-corrected chi connectivity index (χ3v) is 6.04. The Morgan fingerprint density at radius 2 is 1.90 bits per heavy atom. The first-order valence-corrected chi connectivity index (χ1v) is 9.71. The second kappa shape index (κ2) is 6.93. The number of hydrogen-bond acceptors (Lipinski definition) is 3. The second-order valence-electron chi connectivity index (χ2n) is 6.46. The van der Waals surface area contributed by atoms with Crippen molar-refractivity contribution in [2.45, 2.75) is 46.1 Å². The van der Waals surface area contributed by atoms with E-state index in [1.165, 1.54) is 16.7 Å². The van der Waals surface area contributed by atoms with E-state index in [9.17, 15) is 8.42 Å². The first-order valence-electron chi connectivity index (χ1n) is 7.89. The molecule has 0 amide bonds. The van der Waals surface area contributed by atoms with Gasteiger partial charge in [-0.2, -0.15) is 0 Å². The van der Waals surface area contributed by atoms with Crippen LogP contribution in [0.2, 0.25) is 0 Å². The largest absolute Gasteiger partial charge is 0.314 e. The van der Waals surface area contributed by atoms with Crippen molar-refractivity contribution in [2.75, 3.05) is 18.1 Å². The molecule has 0 aliphatic carbocycles. The molecular formula is C17H27NO2S. The van der Waals surface area contributed by atoms with Crippen LogP contribution in [0.15, 0.2) is 18.2 Å². The maximum atomic E-state index is 11.6. The third-order valence-electron chi connectivity index (χ3n) is 4.20. The first kappa shape index (κ1) is 16.5.